The van der Waals surface area contributed by atoms with E-state index in [0.717, 1.165) is 19.4 Å². The van der Waals surface area contributed by atoms with Crippen LogP contribution in [0.15, 0.2) is 0 Å². The maximum absolute atomic E-state index is 11.7. The van der Waals surface area contributed by atoms with Crippen LogP contribution < -0.4 is 5.32 Å². The molecule has 1 amide bonds. The van der Waals surface area contributed by atoms with Gasteiger partial charge in [0.15, 0.2) is 0 Å². The molecule has 0 aliphatic carbocycles. The van der Waals surface area contributed by atoms with Crippen molar-refractivity contribution in [2.75, 3.05) is 6.54 Å². The van der Waals surface area contributed by atoms with E-state index in [0.29, 0.717) is 23.7 Å². The highest BCUT2D eigenvalue weighted by atomic mass is 16.1. The molecule has 0 aliphatic rings. The smallest absolute Gasteiger partial charge is 0.220 e. The van der Waals surface area contributed by atoms with E-state index in [-0.39, 0.29) is 5.91 Å². The van der Waals surface area contributed by atoms with Crippen molar-refractivity contribution in [1.29, 1.82) is 0 Å². The van der Waals surface area contributed by atoms with Gasteiger partial charge in [0.05, 0.1) is 0 Å². The summed E-state index contributed by atoms with van der Waals surface area (Å²) in [5, 5.41) is 3.02. The molecule has 0 aromatic carbocycles. The summed E-state index contributed by atoms with van der Waals surface area (Å²) < 4.78 is 0. The van der Waals surface area contributed by atoms with Crippen molar-refractivity contribution in [3.63, 3.8) is 0 Å². The van der Waals surface area contributed by atoms with Crippen LogP contribution in [-0.4, -0.2) is 12.5 Å². The fraction of sp³-hybridized carbons (Fsp3) is 0.929. The van der Waals surface area contributed by atoms with E-state index in [4.69, 9.17) is 0 Å². The van der Waals surface area contributed by atoms with Gasteiger partial charge < -0.3 is 5.32 Å². The second kappa shape index (κ2) is 6.93. The molecular formula is C14H29NO. The summed E-state index contributed by atoms with van der Waals surface area (Å²) in [6.45, 7) is 13.9. The van der Waals surface area contributed by atoms with Gasteiger partial charge in [0.2, 0.25) is 5.91 Å². The zero-order chi connectivity index (χ0) is 12.8. The van der Waals surface area contributed by atoms with Crippen LogP contribution >= 0.6 is 0 Å². The number of rotatable bonds is 6. The fourth-order valence-corrected chi connectivity index (χ4v) is 1.74. The SMILES string of the molecule is CCC(CC(=O)NCCC(C)(C)C)C(C)C. The largest absolute Gasteiger partial charge is 0.356 e. The van der Waals surface area contributed by atoms with Crippen LogP contribution in [0.3, 0.4) is 0 Å². The topological polar surface area (TPSA) is 29.1 Å². The van der Waals surface area contributed by atoms with Gasteiger partial charge in [-0.3, -0.25) is 4.79 Å². The molecule has 0 spiro atoms. The predicted molar refractivity (Wildman–Crippen MR) is 70.3 cm³/mol. The van der Waals surface area contributed by atoms with Gasteiger partial charge in [-0.15, -0.1) is 0 Å². The molecule has 0 aromatic heterocycles. The van der Waals surface area contributed by atoms with Crippen molar-refractivity contribution in [2.45, 2.75) is 60.8 Å². The second-order valence-corrected chi connectivity index (χ2v) is 6.28. The zero-order valence-corrected chi connectivity index (χ0v) is 11.9. The Morgan fingerprint density at radius 2 is 1.81 bits per heavy atom. The van der Waals surface area contributed by atoms with Gasteiger partial charge in [-0.25, -0.2) is 0 Å². The lowest BCUT2D eigenvalue weighted by molar-refractivity contribution is -0.122. The van der Waals surface area contributed by atoms with E-state index in [1.165, 1.54) is 0 Å². The Bertz CT molecular complexity index is 203. The first-order valence-corrected chi connectivity index (χ1v) is 6.53. The fourth-order valence-electron chi connectivity index (χ4n) is 1.74. The maximum Gasteiger partial charge on any atom is 0.220 e. The van der Waals surface area contributed by atoms with Crippen LogP contribution in [0.1, 0.15) is 60.8 Å². The summed E-state index contributed by atoms with van der Waals surface area (Å²) in [5.41, 5.74) is 0.301. The Hall–Kier alpha value is -0.530. The van der Waals surface area contributed by atoms with Crippen LogP contribution in [0, 0.1) is 17.3 Å². The average Bonchev–Trinajstić information content (AvgIpc) is 2.11. The highest BCUT2D eigenvalue weighted by Crippen LogP contribution is 2.19. The Morgan fingerprint density at radius 3 is 2.19 bits per heavy atom. The Labute approximate surface area is 101 Å². The maximum atomic E-state index is 11.7. The minimum Gasteiger partial charge on any atom is -0.356 e. The highest BCUT2D eigenvalue weighted by molar-refractivity contribution is 5.76. The van der Waals surface area contributed by atoms with Gasteiger partial charge in [-0.05, 0) is 23.7 Å². The summed E-state index contributed by atoms with van der Waals surface area (Å²) >= 11 is 0. The van der Waals surface area contributed by atoms with Crippen molar-refractivity contribution in [3.05, 3.63) is 0 Å². The second-order valence-electron chi connectivity index (χ2n) is 6.28. The molecule has 1 N–H and O–H groups in total. The van der Waals surface area contributed by atoms with Gasteiger partial charge in [-0.2, -0.15) is 0 Å². The summed E-state index contributed by atoms with van der Waals surface area (Å²) in [5.74, 6) is 1.33. The lowest BCUT2D eigenvalue weighted by Gasteiger charge is -2.20. The Kier molecular flexibility index (Phi) is 6.70. The van der Waals surface area contributed by atoms with E-state index in [2.05, 4.69) is 46.9 Å². The van der Waals surface area contributed by atoms with Crippen LogP contribution in [0.25, 0.3) is 0 Å². The standard InChI is InChI=1S/C14H29NO/c1-7-12(11(2)3)10-13(16)15-9-8-14(4,5)6/h11-12H,7-10H2,1-6H3,(H,15,16). The van der Waals surface area contributed by atoms with E-state index in [9.17, 15) is 4.79 Å². The van der Waals surface area contributed by atoms with Crippen molar-refractivity contribution < 1.29 is 4.79 Å². The third-order valence-electron chi connectivity index (χ3n) is 3.11. The molecule has 0 radical (unpaired) electrons. The Balaban J connectivity index is 3.82. The minimum absolute atomic E-state index is 0.213. The molecule has 0 rings (SSSR count). The molecular weight excluding hydrogens is 198 g/mol. The van der Waals surface area contributed by atoms with E-state index in [1.54, 1.807) is 0 Å². The Morgan fingerprint density at radius 1 is 1.25 bits per heavy atom. The molecule has 0 aliphatic heterocycles. The molecule has 16 heavy (non-hydrogen) atoms. The van der Waals surface area contributed by atoms with Crippen LogP contribution in [0.4, 0.5) is 0 Å². The quantitative estimate of drug-likeness (QED) is 0.738. The van der Waals surface area contributed by atoms with E-state index < -0.39 is 0 Å². The number of hydrogen-bond donors (Lipinski definition) is 1. The van der Waals surface area contributed by atoms with Crippen molar-refractivity contribution >= 4 is 5.91 Å². The first-order chi connectivity index (χ1) is 7.26. The molecule has 0 bridgehead atoms. The molecule has 1 unspecified atom stereocenters. The van der Waals surface area contributed by atoms with Crippen molar-refractivity contribution in [2.24, 2.45) is 17.3 Å². The van der Waals surface area contributed by atoms with Gasteiger partial charge >= 0.3 is 0 Å². The molecule has 0 fully saturated rings. The summed E-state index contributed by atoms with van der Waals surface area (Å²) in [4.78, 5) is 11.7. The van der Waals surface area contributed by atoms with E-state index in [1.807, 2.05) is 0 Å². The van der Waals surface area contributed by atoms with Gasteiger partial charge in [0.1, 0.15) is 0 Å². The van der Waals surface area contributed by atoms with E-state index >= 15 is 0 Å². The number of amides is 1. The summed E-state index contributed by atoms with van der Waals surface area (Å²) in [7, 11) is 0. The van der Waals surface area contributed by atoms with Crippen molar-refractivity contribution in [3.8, 4) is 0 Å². The first kappa shape index (κ1) is 15.5. The molecule has 0 heterocycles. The zero-order valence-electron chi connectivity index (χ0n) is 11.9. The summed E-state index contributed by atoms with van der Waals surface area (Å²) in [6, 6.07) is 0. The first-order valence-electron chi connectivity index (χ1n) is 6.53. The van der Waals surface area contributed by atoms with Crippen LogP contribution in [0.2, 0.25) is 0 Å². The number of hydrogen-bond acceptors (Lipinski definition) is 1. The lowest BCUT2D eigenvalue weighted by Crippen LogP contribution is -2.29. The highest BCUT2D eigenvalue weighted by Gasteiger charge is 2.16. The monoisotopic (exact) mass is 227 g/mol. The van der Waals surface area contributed by atoms with Gasteiger partial charge in [0, 0.05) is 13.0 Å². The average molecular weight is 227 g/mol. The molecule has 1 atom stereocenters. The molecule has 0 saturated heterocycles. The predicted octanol–water partition coefficient (Wildman–Crippen LogP) is 3.61. The third-order valence-corrected chi connectivity index (χ3v) is 3.11. The molecule has 2 nitrogen and oxygen atoms in total. The normalized spacial score (nSPS) is 13.9. The minimum atomic E-state index is 0.213. The van der Waals surface area contributed by atoms with Crippen LogP contribution in [0.5, 0.6) is 0 Å². The van der Waals surface area contributed by atoms with Gasteiger partial charge in [0.25, 0.3) is 0 Å². The number of carbonyl (C=O) groups is 1. The number of nitrogens with one attached hydrogen (secondary N) is 1. The summed E-state index contributed by atoms with van der Waals surface area (Å²) in [6.07, 6.45) is 2.81. The molecule has 96 valence electrons. The number of carbonyl (C=O) groups excluding carboxylic acids is 1. The molecule has 2 heteroatoms. The third kappa shape index (κ3) is 7.72. The lowest BCUT2D eigenvalue weighted by atomic mass is 9.89. The molecule has 0 saturated carbocycles. The van der Waals surface area contributed by atoms with Gasteiger partial charge in [-0.1, -0.05) is 48.0 Å². The van der Waals surface area contributed by atoms with Crippen molar-refractivity contribution in [1.82, 2.24) is 5.32 Å². The van der Waals surface area contributed by atoms with Crippen LogP contribution in [-0.2, 0) is 4.79 Å². The molecule has 0 aromatic rings.